The fourth-order valence-corrected chi connectivity index (χ4v) is 6.58. The lowest BCUT2D eigenvalue weighted by Gasteiger charge is -2.33. The summed E-state index contributed by atoms with van der Waals surface area (Å²) in [6.07, 6.45) is 4.23. The van der Waals surface area contributed by atoms with Gasteiger partial charge in [0.25, 0.3) is 5.69 Å². The molecule has 1 atom stereocenters. The van der Waals surface area contributed by atoms with Crippen LogP contribution < -0.4 is 0 Å². The van der Waals surface area contributed by atoms with Crippen molar-refractivity contribution in [3.8, 4) is 0 Å². The van der Waals surface area contributed by atoms with Crippen molar-refractivity contribution in [1.29, 1.82) is 0 Å². The molecule has 1 heterocycles. The van der Waals surface area contributed by atoms with E-state index in [-0.39, 0.29) is 11.7 Å². The van der Waals surface area contributed by atoms with Gasteiger partial charge in [0.15, 0.2) is 0 Å². The third-order valence-electron chi connectivity index (χ3n) is 5.26. The lowest BCUT2D eigenvalue weighted by atomic mass is 10.1. The predicted molar refractivity (Wildman–Crippen MR) is 105 cm³/mol. The van der Waals surface area contributed by atoms with Crippen LogP contribution in [-0.4, -0.2) is 36.8 Å². The zero-order valence-corrected chi connectivity index (χ0v) is 17.1. The van der Waals surface area contributed by atoms with Crippen LogP contribution in [-0.2, 0) is 9.53 Å². The molecule has 6 nitrogen and oxygen atoms in total. The number of carbonyl (C=O) groups excluding carboxylic acids is 1. The summed E-state index contributed by atoms with van der Waals surface area (Å²) in [5, 5.41) is 11.1. The highest BCUT2D eigenvalue weighted by Gasteiger charge is 2.30. The summed E-state index contributed by atoms with van der Waals surface area (Å²) in [7, 11) is -1.34. The Morgan fingerprint density at radius 2 is 1.92 bits per heavy atom. The number of esters is 1. The minimum absolute atomic E-state index is 0.00818. The summed E-state index contributed by atoms with van der Waals surface area (Å²) >= 11 is 0. The Morgan fingerprint density at radius 3 is 2.58 bits per heavy atom. The van der Waals surface area contributed by atoms with E-state index in [0.29, 0.717) is 12.0 Å². The standard InChI is InChI=1S/C19H30N2O4Si/c1-16(17-10-4-5-11-18(17)21(23)24)25-19(22)12-6-9-15-26(2,3)20-13-7-8-14-20/h4-5,10-11,16H,6-9,12-15H2,1-3H3. The Kier molecular flexibility index (Phi) is 7.34. The second-order valence-corrected chi connectivity index (χ2v) is 12.4. The lowest BCUT2D eigenvalue weighted by molar-refractivity contribution is -0.386. The van der Waals surface area contributed by atoms with Gasteiger partial charge in [-0.05, 0) is 51.4 Å². The summed E-state index contributed by atoms with van der Waals surface area (Å²) < 4.78 is 8.09. The van der Waals surface area contributed by atoms with Crippen molar-refractivity contribution >= 4 is 19.9 Å². The number of hydrogen-bond acceptors (Lipinski definition) is 5. The molecule has 1 unspecified atom stereocenters. The average molecular weight is 379 g/mol. The van der Waals surface area contributed by atoms with Crippen LogP contribution in [0.5, 0.6) is 0 Å². The number of hydrogen-bond donors (Lipinski definition) is 0. The Morgan fingerprint density at radius 1 is 1.27 bits per heavy atom. The molecule has 0 N–H and O–H groups in total. The molecule has 2 rings (SSSR count). The molecule has 0 spiro atoms. The number of nitro benzene ring substituents is 1. The zero-order valence-electron chi connectivity index (χ0n) is 16.1. The Labute approximate surface area is 156 Å². The minimum atomic E-state index is -1.34. The monoisotopic (exact) mass is 378 g/mol. The fraction of sp³-hybridized carbons (Fsp3) is 0.632. The quantitative estimate of drug-likeness (QED) is 0.205. The van der Waals surface area contributed by atoms with Crippen molar-refractivity contribution in [3.05, 3.63) is 39.9 Å². The molecule has 0 aromatic heterocycles. The van der Waals surface area contributed by atoms with E-state index in [9.17, 15) is 14.9 Å². The third-order valence-corrected chi connectivity index (χ3v) is 9.00. The Bertz CT molecular complexity index is 630. The number of nitrogens with zero attached hydrogens (tertiary/aromatic N) is 2. The normalized spacial score (nSPS) is 16.4. The number of benzene rings is 1. The van der Waals surface area contributed by atoms with Crippen molar-refractivity contribution in [2.75, 3.05) is 13.1 Å². The molecule has 7 heteroatoms. The highest BCUT2D eigenvalue weighted by atomic mass is 28.3. The second kappa shape index (κ2) is 9.28. The topological polar surface area (TPSA) is 72.7 Å². The Balaban J connectivity index is 1.76. The van der Waals surface area contributed by atoms with Gasteiger partial charge < -0.3 is 9.30 Å². The summed E-state index contributed by atoms with van der Waals surface area (Å²) in [4.78, 5) is 22.7. The molecule has 1 saturated heterocycles. The van der Waals surface area contributed by atoms with Crippen molar-refractivity contribution < 1.29 is 14.5 Å². The largest absolute Gasteiger partial charge is 0.458 e. The van der Waals surface area contributed by atoms with E-state index >= 15 is 0 Å². The molecule has 0 radical (unpaired) electrons. The molecule has 0 saturated carbocycles. The average Bonchev–Trinajstić information content (AvgIpc) is 3.14. The van der Waals surface area contributed by atoms with Gasteiger partial charge >= 0.3 is 5.97 Å². The van der Waals surface area contributed by atoms with Gasteiger partial charge in [-0.25, -0.2) is 0 Å². The number of nitro groups is 1. The molecule has 0 bridgehead atoms. The van der Waals surface area contributed by atoms with Crippen LogP contribution in [0.2, 0.25) is 19.1 Å². The predicted octanol–water partition coefficient (Wildman–Crippen LogP) is 4.67. The van der Waals surface area contributed by atoms with Gasteiger partial charge in [-0.2, -0.15) is 0 Å². The Hall–Kier alpha value is -1.73. The lowest BCUT2D eigenvalue weighted by Crippen LogP contribution is -2.46. The van der Waals surface area contributed by atoms with Crippen molar-refractivity contribution in [2.24, 2.45) is 0 Å². The van der Waals surface area contributed by atoms with E-state index in [1.165, 1.54) is 38.0 Å². The number of carbonyl (C=O) groups is 1. The van der Waals surface area contributed by atoms with Crippen LogP contribution in [0, 0.1) is 10.1 Å². The molecule has 1 fully saturated rings. The first kappa shape index (κ1) is 20.6. The molecular formula is C19H30N2O4Si. The van der Waals surface area contributed by atoms with Crippen LogP contribution >= 0.6 is 0 Å². The molecule has 1 aliphatic rings. The number of ether oxygens (including phenoxy) is 1. The first-order chi connectivity index (χ1) is 12.3. The van der Waals surface area contributed by atoms with Crippen molar-refractivity contribution in [2.45, 2.75) is 64.3 Å². The number of para-hydroxylation sites is 1. The maximum absolute atomic E-state index is 12.1. The molecule has 144 valence electrons. The summed E-state index contributed by atoms with van der Waals surface area (Å²) in [6.45, 7) is 8.97. The molecular weight excluding hydrogens is 348 g/mol. The molecule has 0 aliphatic carbocycles. The van der Waals surface area contributed by atoms with Gasteiger partial charge in [0.1, 0.15) is 14.3 Å². The van der Waals surface area contributed by atoms with Gasteiger partial charge in [0, 0.05) is 12.5 Å². The van der Waals surface area contributed by atoms with Crippen LogP contribution in [0.1, 0.15) is 50.7 Å². The van der Waals surface area contributed by atoms with E-state index in [4.69, 9.17) is 4.74 Å². The SMILES string of the molecule is CC(OC(=O)CCCC[Si](C)(C)N1CCCC1)c1ccccc1[N+](=O)[O-]. The van der Waals surface area contributed by atoms with E-state index in [2.05, 4.69) is 17.7 Å². The summed E-state index contributed by atoms with van der Waals surface area (Å²) in [6, 6.07) is 7.60. The molecule has 1 aromatic rings. The smallest absolute Gasteiger partial charge is 0.306 e. The number of rotatable bonds is 9. The molecule has 26 heavy (non-hydrogen) atoms. The van der Waals surface area contributed by atoms with Gasteiger partial charge in [-0.1, -0.05) is 31.6 Å². The fourth-order valence-electron chi connectivity index (χ4n) is 3.62. The van der Waals surface area contributed by atoms with Crippen molar-refractivity contribution in [3.63, 3.8) is 0 Å². The van der Waals surface area contributed by atoms with E-state index in [0.717, 1.165) is 12.8 Å². The minimum Gasteiger partial charge on any atom is -0.458 e. The van der Waals surface area contributed by atoms with Crippen molar-refractivity contribution in [1.82, 2.24) is 4.57 Å². The second-order valence-electron chi connectivity index (χ2n) is 7.66. The van der Waals surface area contributed by atoms with Crippen LogP contribution in [0.15, 0.2) is 24.3 Å². The highest BCUT2D eigenvalue weighted by molar-refractivity contribution is 6.74. The zero-order chi connectivity index (χ0) is 19.2. The molecule has 1 aliphatic heterocycles. The van der Waals surface area contributed by atoms with Crippen LogP contribution in [0.3, 0.4) is 0 Å². The van der Waals surface area contributed by atoms with Gasteiger partial charge in [-0.15, -0.1) is 0 Å². The van der Waals surface area contributed by atoms with E-state index in [1.807, 2.05) is 0 Å². The first-order valence-electron chi connectivity index (χ1n) is 9.49. The van der Waals surface area contributed by atoms with E-state index in [1.54, 1.807) is 25.1 Å². The molecule has 1 aromatic carbocycles. The number of unbranched alkanes of at least 4 members (excludes halogenated alkanes) is 1. The van der Waals surface area contributed by atoms with E-state index < -0.39 is 19.3 Å². The first-order valence-corrected chi connectivity index (χ1v) is 12.6. The third kappa shape index (κ3) is 5.64. The van der Waals surface area contributed by atoms with Gasteiger partial charge in [-0.3, -0.25) is 14.9 Å². The maximum atomic E-state index is 12.1. The highest BCUT2D eigenvalue weighted by Crippen LogP contribution is 2.28. The van der Waals surface area contributed by atoms with Gasteiger partial charge in [0.05, 0.1) is 10.5 Å². The molecule has 0 amide bonds. The van der Waals surface area contributed by atoms with Crippen LogP contribution in [0.25, 0.3) is 0 Å². The maximum Gasteiger partial charge on any atom is 0.306 e. The van der Waals surface area contributed by atoms with Crippen LogP contribution in [0.4, 0.5) is 5.69 Å². The summed E-state index contributed by atoms with van der Waals surface area (Å²) in [5.74, 6) is -0.281. The van der Waals surface area contributed by atoms with Gasteiger partial charge in [0.2, 0.25) is 0 Å². The summed E-state index contributed by atoms with van der Waals surface area (Å²) in [5.41, 5.74) is 0.430.